The predicted molar refractivity (Wildman–Crippen MR) is 67.5 cm³/mol. The number of nitrogens with zero attached hydrogens (tertiary/aromatic N) is 1. The minimum atomic E-state index is -0.619. The van der Waals surface area contributed by atoms with Crippen LogP contribution in [-0.4, -0.2) is 33.3 Å². The molecule has 0 saturated heterocycles. The lowest BCUT2D eigenvalue weighted by Crippen LogP contribution is -2.17. The Morgan fingerprint density at radius 3 is 2.24 bits per heavy atom. The Kier molecular flexibility index (Phi) is 4.11. The van der Waals surface area contributed by atoms with E-state index in [2.05, 4.69) is 15.9 Å². The molecule has 90 valence electrons. The summed E-state index contributed by atoms with van der Waals surface area (Å²) in [5, 5.41) is 11.0. The van der Waals surface area contributed by atoms with Crippen LogP contribution in [0.25, 0.3) is 0 Å². The molecule has 0 aliphatic heterocycles. The minimum absolute atomic E-state index is 0.0647. The third-order valence-electron chi connectivity index (χ3n) is 2.30. The molecule has 0 bridgehead atoms. The molecule has 0 radical (unpaired) electrons. The van der Waals surface area contributed by atoms with Gasteiger partial charge in [-0.1, -0.05) is 0 Å². The van der Waals surface area contributed by atoms with Crippen LogP contribution >= 0.6 is 15.9 Å². The molecular weight excluding hydrogens is 293 g/mol. The maximum atomic E-state index is 11.0. The van der Waals surface area contributed by atoms with E-state index in [9.17, 15) is 14.9 Å². The molecule has 0 aliphatic carbocycles. The van der Waals surface area contributed by atoms with Crippen LogP contribution < -0.4 is 14.9 Å². The fourth-order valence-corrected chi connectivity index (χ4v) is 2.20. The van der Waals surface area contributed by atoms with Gasteiger partial charge in [-0.15, -0.1) is 0 Å². The molecule has 1 aromatic rings. The average molecular weight is 302 g/mol. The second kappa shape index (κ2) is 5.18. The van der Waals surface area contributed by atoms with Crippen LogP contribution in [0.3, 0.4) is 0 Å². The molecule has 0 spiro atoms. The molecule has 0 atom stereocenters. The summed E-state index contributed by atoms with van der Waals surface area (Å²) in [6, 6.07) is 0. The molecule has 0 fully saturated rings. The number of benzene rings is 1. The zero-order chi connectivity index (χ0) is 13.2. The molecule has 0 N–H and O–H groups in total. The fourth-order valence-electron chi connectivity index (χ4n) is 1.58. The Labute approximate surface area is 107 Å². The maximum Gasteiger partial charge on any atom is 0.278 e. The number of nitro groups is 1. The number of aldehydes is 1. The lowest BCUT2D eigenvalue weighted by atomic mass is 9.90. The second-order valence-electron chi connectivity index (χ2n) is 3.14. The van der Waals surface area contributed by atoms with E-state index in [0.29, 0.717) is 6.29 Å². The largest absolute Gasteiger partial charge is 0.493 e. The highest BCUT2D eigenvalue weighted by Crippen LogP contribution is 2.39. The van der Waals surface area contributed by atoms with Gasteiger partial charge in [0.05, 0.1) is 23.6 Å². The summed E-state index contributed by atoms with van der Waals surface area (Å²) in [6.07, 6.45) is 0.414. The fraction of sp³-hybridized carbons (Fsp3) is 0.222. The first-order chi connectivity index (χ1) is 7.99. The molecule has 0 heterocycles. The quantitative estimate of drug-likeness (QED) is 0.349. The van der Waals surface area contributed by atoms with Crippen molar-refractivity contribution in [1.82, 2.24) is 0 Å². The van der Waals surface area contributed by atoms with Crippen LogP contribution in [0.5, 0.6) is 11.5 Å². The SMILES string of the molecule is Bc1c(OC)c(OC)c(Br)c(C=O)c1[N+](=O)[O-]. The van der Waals surface area contributed by atoms with Gasteiger partial charge in [0, 0.05) is 5.46 Å². The Morgan fingerprint density at radius 1 is 1.35 bits per heavy atom. The lowest BCUT2D eigenvalue weighted by molar-refractivity contribution is -0.383. The third-order valence-corrected chi connectivity index (χ3v) is 3.09. The molecule has 0 unspecified atom stereocenters. The van der Waals surface area contributed by atoms with Crippen molar-refractivity contribution >= 4 is 41.2 Å². The van der Waals surface area contributed by atoms with E-state index in [1.54, 1.807) is 0 Å². The highest BCUT2D eigenvalue weighted by molar-refractivity contribution is 9.10. The third kappa shape index (κ3) is 2.12. The average Bonchev–Trinajstić information content (AvgIpc) is 2.29. The number of halogens is 1. The van der Waals surface area contributed by atoms with Crippen molar-refractivity contribution in [2.75, 3.05) is 14.2 Å². The first-order valence-corrected chi connectivity index (χ1v) is 5.32. The molecule has 8 heteroatoms. The van der Waals surface area contributed by atoms with Crippen molar-refractivity contribution in [3.63, 3.8) is 0 Å². The normalized spacial score (nSPS) is 9.82. The number of nitro benzene ring substituents is 1. The lowest BCUT2D eigenvalue weighted by Gasteiger charge is -2.14. The van der Waals surface area contributed by atoms with Gasteiger partial charge in [-0.25, -0.2) is 0 Å². The van der Waals surface area contributed by atoms with Gasteiger partial charge in [0.2, 0.25) is 0 Å². The van der Waals surface area contributed by atoms with Crippen LogP contribution in [-0.2, 0) is 0 Å². The summed E-state index contributed by atoms with van der Waals surface area (Å²) >= 11 is 3.11. The van der Waals surface area contributed by atoms with Crippen LogP contribution in [0.2, 0.25) is 0 Å². The number of hydrogen-bond acceptors (Lipinski definition) is 5. The number of carbonyl (C=O) groups excluding carboxylic acids is 1. The van der Waals surface area contributed by atoms with Crippen LogP contribution in [0.1, 0.15) is 10.4 Å². The van der Waals surface area contributed by atoms with E-state index >= 15 is 0 Å². The van der Waals surface area contributed by atoms with Gasteiger partial charge in [-0.05, 0) is 15.9 Å². The van der Waals surface area contributed by atoms with Gasteiger partial charge in [-0.2, -0.15) is 0 Å². The number of rotatable bonds is 4. The van der Waals surface area contributed by atoms with E-state index in [0.717, 1.165) is 0 Å². The second-order valence-corrected chi connectivity index (χ2v) is 3.94. The Morgan fingerprint density at radius 2 is 1.88 bits per heavy atom. The van der Waals surface area contributed by atoms with Gasteiger partial charge < -0.3 is 9.47 Å². The molecular formula is C9H9BBrNO5. The van der Waals surface area contributed by atoms with Gasteiger partial charge in [0.15, 0.2) is 25.6 Å². The summed E-state index contributed by atoms with van der Waals surface area (Å²) in [7, 11) is 4.27. The Hall–Kier alpha value is -1.57. The van der Waals surface area contributed by atoms with Crippen molar-refractivity contribution in [1.29, 1.82) is 0 Å². The highest BCUT2D eigenvalue weighted by Gasteiger charge is 2.28. The molecule has 1 rings (SSSR count). The molecule has 0 aromatic heterocycles. The monoisotopic (exact) mass is 301 g/mol. The van der Waals surface area contributed by atoms with Crippen molar-refractivity contribution in [3.8, 4) is 11.5 Å². The van der Waals surface area contributed by atoms with Gasteiger partial charge >= 0.3 is 0 Å². The smallest absolute Gasteiger partial charge is 0.278 e. The zero-order valence-electron chi connectivity index (χ0n) is 9.44. The number of methoxy groups -OCH3 is 2. The molecule has 6 nitrogen and oxygen atoms in total. The maximum absolute atomic E-state index is 11.0. The van der Waals surface area contributed by atoms with Crippen LogP contribution in [0.15, 0.2) is 4.47 Å². The van der Waals surface area contributed by atoms with Crippen LogP contribution in [0.4, 0.5) is 5.69 Å². The summed E-state index contributed by atoms with van der Waals surface area (Å²) in [4.78, 5) is 21.3. The van der Waals surface area contributed by atoms with E-state index < -0.39 is 4.92 Å². The zero-order valence-corrected chi connectivity index (χ0v) is 11.0. The van der Waals surface area contributed by atoms with Crippen LogP contribution in [0, 0.1) is 10.1 Å². The molecule has 17 heavy (non-hydrogen) atoms. The van der Waals surface area contributed by atoms with Gasteiger partial charge in [0.1, 0.15) is 5.56 Å². The number of hydrogen-bond donors (Lipinski definition) is 0. The van der Waals surface area contributed by atoms with Gasteiger partial charge in [-0.3, -0.25) is 14.9 Å². The minimum Gasteiger partial charge on any atom is -0.493 e. The van der Waals surface area contributed by atoms with E-state index in [1.807, 2.05) is 0 Å². The highest BCUT2D eigenvalue weighted by atomic mass is 79.9. The summed E-state index contributed by atoms with van der Waals surface area (Å²) in [5.74, 6) is 0.495. The first kappa shape index (κ1) is 13.5. The van der Waals surface area contributed by atoms with E-state index in [4.69, 9.17) is 9.47 Å². The van der Waals surface area contributed by atoms with Crippen molar-refractivity contribution in [2.24, 2.45) is 0 Å². The predicted octanol–water partition coefficient (Wildman–Crippen LogP) is 0.445. The van der Waals surface area contributed by atoms with E-state index in [-0.39, 0.29) is 32.7 Å². The summed E-state index contributed by atoms with van der Waals surface area (Å²) < 4.78 is 10.3. The first-order valence-electron chi connectivity index (χ1n) is 4.53. The topological polar surface area (TPSA) is 78.7 Å². The van der Waals surface area contributed by atoms with Crippen molar-refractivity contribution in [2.45, 2.75) is 0 Å². The van der Waals surface area contributed by atoms with Crippen molar-refractivity contribution in [3.05, 3.63) is 20.2 Å². The summed E-state index contributed by atoms with van der Waals surface area (Å²) in [6.45, 7) is 0. The van der Waals surface area contributed by atoms with Gasteiger partial charge in [0.25, 0.3) is 5.69 Å². The Balaban J connectivity index is 3.79. The molecule has 1 aromatic carbocycles. The Bertz CT molecular complexity index is 491. The molecule has 0 amide bonds. The molecule has 0 aliphatic rings. The van der Waals surface area contributed by atoms with Crippen molar-refractivity contribution < 1.29 is 19.2 Å². The molecule has 0 saturated carbocycles. The number of ether oxygens (including phenoxy) is 2. The summed E-state index contributed by atoms with van der Waals surface area (Å²) in [5.41, 5.74) is -0.102. The number of carbonyl (C=O) groups is 1. The van der Waals surface area contributed by atoms with E-state index in [1.165, 1.54) is 22.1 Å². The standard InChI is InChI=1S/C9H9BBrNO5/c1-16-8-5(10)7(12(14)15)4(3-13)6(11)9(8)17-2/h3H,10H2,1-2H3.